The Labute approximate surface area is 110 Å². The number of carboxylic acids is 1. The maximum Gasteiger partial charge on any atom is 0.321 e. The van der Waals surface area contributed by atoms with E-state index in [0.29, 0.717) is 17.9 Å². The van der Waals surface area contributed by atoms with Crippen molar-refractivity contribution in [1.82, 2.24) is 4.90 Å². The van der Waals surface area contributed by atoms with E-state index in [9.17, 15) is 9.90 Å². The van der Waals surface area contributed by atoms with Crippen molar-refractivity contribution in [3.05, 3.63) is 0 Å². The molecule has 0 bridgehead atoms. The first kappa shape index (κ1) is 12.5. The topological polar surface area (TPSA) is 40.5 Å². The van der Waals surface area contributed by atoms with Crippen molar-refractivity contribution >= 4 is 5.97 Å². The number of carboxylic acid groups (broad SMARTS) is 1. The van der Waals surface area contributed by atoms with E-state index in [1.807, 2.05) is 0 Å². The van der Waals surface area contributed by atoms with Crippen molar-refractivity contribution in [3.63, 3.8) is 0 Å². The lowest BCUT2D eigenvalue weighted by Crippen LogP contribution is -2.47. The highest BCUT2D eigenvalue weighted by molar-refractivity contribution is 5.74. The van der Waals surface area contributed by atoms with Gasteiger partial charge in [0, 0.05) is 12.6 Å². The van der Waals surface area contributed by atoms with Crippen LogP contribution in [0.1, 0.15) is 51.9 Å². The van der Waals surface area contributed by atoms with Crippen LogP contribution in [-0.2, 0) is 4.79 Å². The summed E-state index contributed by atoms with van der Waals surface area (Å²) in [7, 11) is 0. The lowest BCUT2D eigenvalue weighted by atomic mass is 9.93. The SMILES string of the molecule is CCC1CCCC1N1CC2CCCC2C1C(=O)O. The number of rotatable bonds is 3. The van der Waals surface area contributed by atoms with E-state index in [4.69, 9.17) is 0 Å². The van der Waals surface area contributed by atoms with Crippen LogP contribution in [0.2, 0.25) is 0 Å². The van der Waals surface area contributed by atoms with Crippen LogP contribution < -0.4 is 0 Å². The van der Waals surface area contributed by atoms with E-state index in [0.717, 1.165) is 18.9 Å². The van der Waals surface area contributed by atoms with Crippen molar-refractivity contribution < 1.29 is 9.90 Å². The van der Waals surface area contributed by atoms with E-state index in [2.05, 4.69) is 11.8 Å². The van der Waals surface area contributed by atoms with Crippen LogP contribution in [-0.4, -0.2) is 34.6 Å². The normalized spacial score (nSPS) is 44.4. The van der Waals surface area contributed by atoms with E-state index in [-0.39, 0.29) is 6.04 Å². The second kappa shape index (κ2) is 4.84. The van der Waals surface area contributed by atoms with Gasteiger partial charge in [0.15, 0.2) is 0 Å². The first-order valence-corrected chi connectivity index (χ1v) is 7.71. The molecule has 1 aliphatic heterocycles. The lowest BCUT2D eigenvalue weighted by molar-refractivity contribution is -0.144. The second-order valence-corrected chi connectivity index (χ2v) is 6.50. The highest BCUT2D eigenvalue weighted by Gasteiger charge is 2.51. The third-order valence-electron chi connectivity index (χ3n) is 5.75. The molecule has 0 spiro atoms. The van der Waals surface area contributed by atoms with Crippen LogP contribution in [0.15, 0.2) is 0 Å². The van der Waals surface area contributed by atoms with Crippen molar-refractivity contribution in [2.75, 3.05) is 6.54 Å². The minimum absolute atomic E-state index is 0.172. The van der Waals surface area contributed by atoms with Gasteiger partial charge in [-0.2, -0.15) is 0 Å². The summed E-state index contributed by atoms with van der Waals surface area (Å²) in [6, 6.07) is 0.386. The Morgan fingerprint density at radius 1 is 1.22 bits per heavy atom. The highest BCUT2D eigenvalue weighted by atomic mass is 16.4. The fourth-order valence-corrected chi connectivity index (χ4v) is 4.93. The molecule has 3 aliphatic rings. The van der Waals surface area contributed by atoms with Crippen LogP contribution in [0, 0.1) is 17.8 Å². The molecule has 18 heavy (non-hydrogen) atoms. The minimum atomic E-state index is -0.564. The quantitative estimate of drug-likeness (QED) is 0.838. The van der Waals surface area contributed by atoms with Gasteiger partial charge < -0.3 is 5.11 Å². The van der Waals surface area contributed by atoms with E-state index < -0.39 is 5.97 Å². The molecule has 102 valence electrons. The van der Waals surface area contributed by atoms with Gasteiger partial charge in [-0.25, -0.2) is 0 Å². The summed E-state index contributed by atoms with van der Waals surface area (Å²) >= 11 is 0. The molecule has 5 unspecified atom stereocenters. The average Bonchev–Trinajstić information content (AvgIpc) is 3.01. The predicted molar refractivity (Wildman–Crippen MR) is 70.4 cm³/mol. The summed E-state index contributed by atoms with van der Waals surface area (Å²) in [5, 5.41) is 9.61. The average molecular weight is 251 g/mol. The summed E-state index contributed by atoms with van der Waals surface area (Å²) in [6.45, 7) is 3.32. The van der Waals surface area contributed by atoms with Gasteiger partial charge in [0.05, 0.1) is 0 Å². The van der Waals surface area contributed by atoms with Gasteiger partial charge in [0.1, 0.15) is 6.04 Å². The molecular weight excluding hydrogens is 226 g/mol. The molecule has 1 heterocycles. The zero-order valence-corrected chi connectivity index (χ0v) is 11.3. The molecule has 0 aromatic carbocycles. The molecule has 1 N–H and O–H groups in total. The number of fused-ring (bicyclic) bond motifs is 1. The molecule has 0 aromatic heterocycles. The third kappa shape index (κ3) is 1.87. The number of likely N-dealkylation sites (tertiary alicyclic amines) is 1. The third-order valence-corrected chi connectivity index (χ3v) is 5.75. The van der Waals surface area contributed by atoms with Gasteiger partial charge in [-0.15, -0.1) is 0 Å². The zero-order chi connectivity index (χ0) is 12.7. The number of carbonyl (C=O) groups is 1. The fraction of sp³-hybridized carbons (Fsp3) is 0.933. The van der Waals surface area contributed by atoms with E-state index in [1.54, 1.807) is 0 Å². The molecule has 1 saturated heterocycles. The van der Waals surface area contributed by atoms with Crippen molar-refractivity contribution in [2.45, 2.75) is 64.0 Å². The van der Waals surface area contributed by atoms with Crippen LogP contribution >= 0.6 is 0 Å². The maximum absolute atomic E-state index is 11.7. The fourth-order valence-electron chi connectivity index (χ4n) is 4.93. The summed E-state index contributed by atoms with van der Waals surface area (Å²) in [5.74, 6) is 1.29. The van der Waals surface area contributed by atoms with Crippen LogP contribution in [0.25, 0.3) is 0 Å². The standard InChI is InChI=1S/C15H25NO2/c1-2-10-5-4-8-13(10)16-9-11-6-3-7-12(11)14(16)15(17)18/h10-14H,2-9H2,1H3,(H,17,18). The van der Waals surface area contributed by atoms with Crippen molar-refractivity contribution in [3.8, 4) is 0 Å². The lowest BCUT2D eigenvalue weighted by Gasteiger charge is -2.33. The Bertz CT molecular complexity index is 330. The number of hydrogen-bond donors (Lipinski definition) is 1. The molecule has 3 fully saturated rings. The largest absolute Gasteiger partial charge is 0.480 e. The summed E-state index contributed by atoms with van der Waals surface area (Å²) in [5.41, 5.74) is 0. The molecule has 2 saturated carbocycles. The smallest absolute Gasteiger partial charge is 0.321 e. The van der Waals surface area contributed by atoms with Gasteiger partial charge >= 0.3 is 5.97 Å². The van der Waals surface area contributed by atoms with Crippen molar-refractivity contribution in [2.24, 2.45) is 17.8 Å². The first-order valence-electron chi connectivity index (χ1n) is 7.71. The van der Waals surface area contributed by atoms with Crippen molar-refractivity contribution in [1.29, 1.82) is 0 Å². The van der Waals surface area contributed by atoms with E-state index >= 15 is 0 Å². The highest BCUT2D eigenvalue weighted by Crippen LogP contribution is 2.46. The molecule has 0 aromatic rings. The molecule has 0 radical (unpaired) electrons. The molecule has 3 rings (SSSR count). The van der Waals surface area contributed by atoms with Gasteiger partial charge in [-0.1, -0.05) is 26.2 Å². The van der Waals surface area contributed by atoms with Gasteiger partial charge in [-0.05, 0) is 43.4 Å². The maximum atomic E-state index is 11.7. The number of aliphatic carboxylic acids is 1. The number of hydrogen-bond acceptors (Lipinski definition) is 2. The molecule has 0 amide bonds. The van der Waals surface area contributed by atoms with Crippen LogP contribution in [0.4, 0.5) is 0 Å². The molecular formula is C15H25NO2. The second-order valence-electron chi connectivity index (χ2n) is 6.50. The van der Waals surface area contributed by atoms with Gasteiger partial charge in [-0.3, -0.25) is 9.69 Å². The van der Waals surface area contributed by atoms with Crippen LogP contribution in [0.5, 0.6) is 0 Å². The van der Waals surface area contributed by atoms with Gasteiger partial charge in [0.2, 0.25) is 0 Å². The molecule has 5 atom stereocenters. The number of nitrogens with zero attached hydrogens (tertiary/aromatic N) is 1. The van der Waals surface area contributed by atoms with Gasteiger partial charge in [0.25, 0.3) is 0 Å². The van der Waals surface area contributed by atoms with E-state index in [1.165, 1.54) is 38.5 Å². The summed E-state index contributed by atoms with van der Waals surface area (Å²) in [6.07, 6.45) is 8.68. The zero-order valence-electron chi connectivity index (χ0n) is 11.3. The molecule has 3 nitrogen and oxygen atoms in total. The predicted octanol–water partition coefficient (Wildman–Crippen LogP) is 2.75. The Hall–Kier alpha value is -0.570. The monoisotopic (exact) mass is 251 g/mol. The summed E-state index contributed by atoms with van der Waals surface area (Å²) < 4.78 is 0. The Morgan fingerprint density at radius 2 is 2.00 bits per heavy atom. The Morgan fingerprint density at radius 3 is 2.72 bits per heavy atom. The first-order chi connectivity index (χ1) is 8.72. The summed E-state index contributed by atoms with van der Waals surface area (Å²) in [4.78, 5) is 14.1. The van der Waals surface area contributed by atoms with Crippen LogP contribution in [0.3, 0.4) is 0 Å². The molecule has 2 aliphatic carbocycles. The minimum Gasteiger partial charge on any atom is -0.480 e. The Balaban J connectivity index is 1.80. The Kier molecular flexibility index (Phi) is 3.35. The molecule has 3 heteroatoms.